The van der Waals surface area contributed by atoms with Crippen LogP contribution in [0.15, 0.2) is 29.1 Å². The fourth-order valence-electron chi connectivity index (χ4n) is 1.40. The van der Waals surface area contributed by atoms with E-state index < -0.39 is 24.4 Å². The zero-order valence-electron chi connectivity index (χ0n) is 8.44. The molecule has 3 nitrogen and oxygen atoms in total. The Bertz CT molecular complexity index is 587. The molecule has 0 saturated carbocycles. The lowest BCUT2D eigenvalue weighted by atomic mass is 10.3. The third-order valence-electron chi connectivity index (χ3n) is 2.27. The molecule has 0 radical (unpaired) electrons. The summed E-state index contributed by atoms with van der Waals surface area (Å²) in [5, 5.41) is 9.28. The van der Waals surface area contributed by atoms with Crippen LogP contribution in [-0.4, -0.2) is 21.3 Å². The van der Waals surface area contributed by atoms with Crippen molar-refractivity contribution in [1.29, 1.82) is 0 Å². The zero-order chi connectivity index (χ0) is 12.6. The number of halogens is 3. The van der Waals surface area contributed by atoms with Gasteiger partial charge in [-0.2, -0.15) is 13.2 Å². The highest BCUT2D eigenvalue weighted by Crippen LogP contribution is 2.23. The van der Waals surface area contributed by atoms with Gasteiger partial charge in [-0.1, -0.05) is 23.7 Å². The van der Waals surface area contributed by atoms with Crippen molar-refractivity contribution in [2.24, 2.45) is 0 Å². The van der Waals surface area contributed by atoms with Crippen LogP contribution in [0.1, 0.15) is 0 Å². The van der Waals surface area contributed by atoms with E-state index in [0.717, 1.165) is 15.5 Å². The number of aromatic nitrogens is 1. The van der Waals surface area contributed by atoms with Crippen molar-refractivity contribution in [2.45, 2.75) is 18.8 Å². The molecule has 1 heterocycles. The van der Waals surface area contributed by atoms with Crippen LogP contribution in [0.3, 0.4) is 0 Å². The maximum absolute atomic E-state index is 12.2. The molecule has 0 amide bonds. The van der Waals surface area contributed by atoms with Gasteiger partial charge in [-0.25, -0.2) is 0 Å². The van der Waals surface area contributed by atoms with Crippen molar-refractivity contribution in [1.82, 2.24) is 3.96 Å². The van der Waals surface area contributed by atoms with E-state index in [1.807, 2.05) is 0 Å². The van der Waals surface area contributed by atoms with Crippen molar-refractivity contribution < 1.29 is 18.3 Å². The molecule has 92 valence electrons. The Kier molecular flexibility index (Phi) is 2.96. The summed E-state index contributed by atoms with van der Waals surface area (Å²) in [6.45, 7) is -0.762. The summed E-state index contributed by atoms with van der Waals surface area (Å²) in [5.74, 6) is 0. The summed E-state index contributed by atoms with van der Waals surface area (Å²) in [6.07, 6.45) is -7.23. The quantitative estimate of drug-likeness (QED) is 0.900. The topological polar surface area (TPSA) is 42.2 Å². The Morgan fingerprint density at radius 2 is 2.00 bits per heavy atom. The number of rotatable bonds is 2. The van der Waals surface area contributed by atoms with Gasteiger partial charge in [0.25, 0.3) is 5.56 Å². The van der Waals surface area contributed by atoms with E-state index in [1.165, 1.54) is 0 Å². The molecule has 1 atom stereocenters. The summed E-state index contributed by atoms with van der Waals surface area (Å²) >= 11 is 0.912. The summed E-state index contributed by atoms with van der Waals surface area (Å²) in [6, 6.07) is 6.53. The van der Waals surface area contributed by atoms with Crippen LogP contribution >= 0.6 is 11.5 Å². The van der Waals surface area contributed by atoms with Crippen LogP contribution in [0.25, 0.3) is 10.1 Å². The largest absolute Gasteiger partial charge is 0.416 e. The minimum absolute atomic E-state index is 0.367. The Morgan fingerprint density at radius 1 is 1.35 bits per heavy atom. The molecule has 2 rings (SSSR count). The molecule has 0 aliphatic carbocycles. The maximum Gasteiger partial charge on any atom is 0.416 e. The summed E-state index contributed by atoms with van der Waals surface area (Å²) in [5.41, 5.74) is -0.506. The van der Waals surface area contributed by atoms with Gasteiger partial charge in [-0.15, -0.1) is 0 Å². The molecule has 1 aromatic heterocycles. The first-order chi connectivity index (χ1) is 7.89. The lowest BCUT2D eigenvalue weighted by molar-refractivity contribution is -0.206. The van der Waals surface area contributed by atoms with Crippen molar-refractivity contribution in [3.05, 3.63) is 34.6 Å². The van der Waals surface area contributed by atoms with Gasteiger partial charge in [-0.05, 0) is 12.1 Å². The summed E-state index contributed by atoms with van der Waals surface area (Å²) < 4.78 is 38.0. The molecular weight excluding hydrogens is 255 g/mol. The average Bonchev–Trinajstić information content (AvgIpc) is 2.55. The third-order valence-corrected chi connectivity index (χ3v) is 3.36. The second-order valence-corrected chi connectivity index (χ2v) is 4.57. The minimum atomic E-state index is -4.71. The molecule has 1 unspecified atom stereocenters. The molecule has 1 N–H and O–H groups in total. The van der Waals surface area contributed by atoms with Crippen LogP contribution in [0.2, 0.25) is 0 Å². The Balaban J connectivity index is 2.38. The van der Waals surface area contributed by atoms with Gasteiger partial charge in [0.2, 0.25) is 0 Å². The molecule has 1 aromatic carbocycles. The van der Waals surface area contributed by atoms with E-state index in [9.17, 15) is 18.0 Å². The molecule has 17 heavy (non-hydrogen) atoms. The first-order valence-corrected chi connectivity index (χ1v) is 5.50. The molecule has 7 heteroatoms. The first kappa shape index (κ1) is 12.1. The fourth-order valence-corrected chi connectivity index (χ4v) is 2.43. The van der Waals surface area contributed by atoms with Crippen LogP contribution < -0.4 is 5.56 Å². The Labute approximate surface area is 97.9 Å². The highest BCUT2D eigenvalue weighted by Gasteiger charge is 2.38. The second-order valence-electron chi connectivity index (χ2n) is 3.51. The maximum atomic E-state index is 12.2. The third kappa shape index (κ3) is 2.34. The summed E-state index contributed by atoms with van der Waals surface area (Å²) in [4.78, 5) is 11.7. The first-order valence-electron chi connectivity index (χ1n) is 4.73. The highest BCUT2D eigenvalue weighted by atomic mass is 32.1. The van der Waals surface area contributed by atoms with Gasteiger partial charge in [-0.3, -0.25) is 8.75 Å². The number of alkyl halides is 3. The monoisotopic (exact) mass is 263 g/mol. The lowest BCUT2D eigenvalue weighted by Crippen LogP contribution is -2.34. The van der Waals surface area contributed by atoms with Gasteiger partial charge in [0.05, 0.1) is 16.6 Å². The Morgan fingerprint density at radius 3 is 2.59 bits per heavy atom. The fraction of sp³-hybridized carbons (Fsp3) is 0.300. The van der Waals surface area contributed by atoms with Crippen molar-refractivity contribution in [3.63, 3.8) is 0 Å². The van der Waals surface area contributed by atoms with Gasteiger partial charge in [0.15, 0.2) is 6.10 Å². The molecular formula is C10H8F3NO2S. The Hall–Kier alpha value is -1.34. The van der Waals surface area contributed by atoms with E-state index in [0.29, 0.717) is 10.1 Å². The van der Waals surface area contributed by atoms with E-state index >= 15 is 0 Å². The van der Waals surface area contributed by atoms with Crippen molar-refractivity contribution in [2.75, 3.05) is 0 Å². The van der Waals surface area contributed by atoms with Crippen LogP contribution in [0.5, 0.6) is 0 Å². The summed E-state index contributed by atoms with van der Waals surface area (Å²) in [7, 11) is 0. The molecule has 0 fully saturated rings. The highest BCUT2D eigenvalue weighted by molar-refractivity contribution is 7.13. The number of aliphatic hydroxyl groups is 1. The number of nitrogens with zero attached hydrogens (tertiary/aromatic N) is 1. The number of hydrogen-bond donors (Lipinski definition) is 1. The molecule has 0 aliphatic heterocycles. The van der Waals surface area contributed by atoms with Crippen molar-refractivity contribution in [3.8, 4) is 0 Å². The van der Waals surface area contributed by atoms with E-state index in [2.05, 4.69) is 0 Å². The van der Waals surface area contributed by atoms with E-state index in [4.69, 9.17) is 5.11 Å². The minimum Gasteiger partial charge on any atom is -0.382 e. The van der Waals surface area contributed by atoms with Gasteiger partial charge < -0.3 is 5.11 Å². The standard InChI is InChI=1S/C10H8F3NO2S/c11-10(12,13)8(15)5-14-9(16)6-3-1-2-4-7(6)17-14/h1-4,8,15H,5H2. The normalized spacial score (nSPS) is 14.1. The molecule has 0 aliphatic rings. The number of benzene rings is 1. The van der Waals surface area contributed by atoms with Gasteiger partial charge in [0.1, 0.15) is 0 Å². The predicted octanol–water partition coefficient (Wildman–Crippen LogP) is 1.99. The molecule has 0 saturated heterocycles. The molecule has 0 spiro atoms. The van der Waals surface area contributed by atoms with E-state index in [-0.39, 0.29) is 0 Å². The second kappa shape index (κ2) is 4.15. The van der Waals surface area contributed by atoms with Gasteiger partial charge >= 0.3 is 6.18 Å². The van der Waals surface area contributed by atoms with Crippen molar-refractivity contribution >= 4 is 21.6 Å². The lowest BCUT2D eigenvalue weighted by Gasteiger charge is -2.13. The smallest absolute Gasteiger partial charge is 0.382 e. The van der Waals surface area contributed by atoms with Gasteiger partial charge in [0, 0.05) is 0 Å². The number of hydrogen-bond acceptors (Lipinski definition) is 3. The number of fused-ring (bicyclic) bond motifs is 1. The van der Waals surface area contributed by atoms with Crippen LogP contribution in [-0.2, 0) is 6.54 Å². The van der Waals surface area contributed by atoms with E-state index in [1.54, 1.807) is 24.3 Å². The van der Waals surface area contributed by atoms with Crippen LogP contribution in [0, 0.1) is 0 Å². The molecule has 0 bridgehead atoms. The predicted molar refractivity (Wildman–Crippen MR) is 58.1 cm³/mol. The van der Waals surface area contributed by atoms with Crippen LogP contribution in [0.4, 0.5) is 13.2 Å². The molecule has 2 aromatic rings. The number of aliphatic hydroxyl groups excluding tert-OH is 1. The SMILES string of the molecule is O=c1c2ccccc2sn1CC(O)C(F)(F)F. The average molecular weight is 263 g/mol. The zero-order valence-corrected chi connectivity index (χ0v) is 9.26.